The molecule has 32 heavy (non-hydrogen) atoms. The number of hydrogen-bond donors (Lipinski definition) is 2. The molecule has 1 aliphatic heterocycles. The molecule has 8 nitrogen and oxygen atoms in total. The van der Waals surface area contributed by atoms with Crippen molar-refractivity contribution in [3.8, 4) is 16.8 Å². The fourth-order valence-electron chi connectivity index (χ4n) is 4.01. The summed E-state index contributed by atoms with van der Waals surface area (Å²) >= 11 is 0. The molecule has 1 fully saturated rings. The minimum Gasteiger partial charge on any atom is -0.378 e. The Morgan fingerprint density at radius 2 is 1.72 bits per heavy atom. The van der Waals surface area contributed by atoms with Crippen LogP contribution in [0.1, 0.15) is 10.5 Å². The van der Waals surface area contributed by atoms with Crippen LogP contribution < -0.4 is 16.0 Å². The number of rotatable bonds is 4. The van der Waals surface area contributed by atoms with E-state index in [0.29, 0.717) is 11.6 Å². The van der Waals surface area contributed by atoms with E-state index in [0.717, 1.165) is 54.2 Å². The van der Waals surface area contributed by atoms with Gasteiger partial charge in [0.05, 0.1) is 24.2 Å². The summed E-state index contributed by atoms with van der Waals surface area (Å²) in [6.07, 6.45) is 1.70. The number of imidazole rings is 1. The molecule has 0 unspecified atom stereocenters. The van der Waals surface area contributed by atoms with Crippen molar-refractivity contribution >= 4 is 28.6 Å². The van der Waals surface area contributed by atoms with Crippen LogP contribution in [0, 0.1) is 0 Å². The van der Waals surface area contributed by atoms with Gasteiger partial charge in [0.2, 0.25) is 5.95 Å². The number of nitrogens with one attached hydrogen (secondary N) is 1. The van der Waals surface area contributed by atoms with Crippen LogP contribution in [0.5, 0.6) is 0 Å². The van der Waals surface area contributed by atoms with E-state index in [4.69, 9.17) is 10.5 Å². The predicted molar refractivity (Wildman–Crippen MR) is 125 cm³/mol. The lowest BCUT2D eigenvalue weighted by Gasteiger charge is -2.29. The van der Waals surface area contributed by atoms with Crippen LogP contribution in [0.2, 0.25) is 0 Å². The number of ether oxygens (including phenoxy) is 1. The van der Waals surface area contributed by atoms with Gasteiger partial charge in [-0.3, -0.25) is 14.3 Å². The smallest absolute Gasteiger partial charge is 0.269 e. The van der Waals surface area contributed by atoms with Crippen molar-refractivity contribution in [2.24, 2.45) is 0 Å². The summed E-state index contributed by atoms with van der Waals surface area (Å²) in [5.74, 6) is 0.225. The number of carbonyl (C=O) groups is 1. The van der Waals surface area contributed by atoms with Gasteiger partial charge in [0.15, 0.2) is 0 Å². The molecule has 4 aromatic rings. The van der Waals surface area contributed by atoms with Crippen molar-refractivity contribution in [2.45, 2.75) is 0 Å². The maximum absolute atomic E-state index is 11.8. The molecule has 1 amide bonds. The zero-order valence-electron chi connectivity index (χ0n) is 17.8. The number of amides is 1. The highest BCUT2D eigenvalue weighted by Gasteiger charge is 2.14. The molecular weight excluding hydrogens is 404 g/mol. The number of morpholine rings is 1. The molecule has 2 aromatic heterocycles. The van der Waals surface area contributed by atoms with Crippen LogP contribution in [0.3, 0.4) is 0 Å². The first-order valence-electron chi connectivity index (χ1n) is 10.5. The van der Waals surface area contributed by atoms with Gasteiger partial charge in [-0.15, -0.1) is 0 Å². The van der Waals surface area contributed by atoms with Crippen LogP contribution in [-0.4, -0.2) is 53.8 Å². The van der Waals surface area contributed by atoms with Crippen molar-refractivity contribution in [1.82, 2.24) is 19.9 Å². The molecule has 1 aliphatic rings. The number of hydrogen-bond acceptors (Lipinski definition) is 6. The van der Waals surface area contributed by atoms with Crippen LogP contribution in [0.25, 0.3) is 27.8 Å². The molecule has 8 heteroatoms. The van der Waals surface area contributed by atoms with Gasteiger partial charge in [0, 0.05) is 43.3 Å². The van der Waals surface area contributed by atoms with Crippen molar-refractivity contribution in [3.05, 3.63) is 66.5 Å². The maximum atomic E-state index is 11.8. The van der Waals surface area contributed by atoms with Crippen LogP contribution >= 0.6 is 0 Å². The molecule has 0 saturated carbocycles. The van der Waals surface area contributed by atoms with Crippen molar-refractivity contribution in [1.29, 1.82) is 0 Å². The standard InChI is InChI=1S/C24H24N6O2/c1-26-23(31)21-9-3-17(15-27-21)16-2-8-20-22(14-16)30(24(25)28-20)19-6-4-18(5-7-19)29-10-12-32-13-11-29/h2-9,14-15H,10-13H2,1H3,(H2,25,28)(H,26,31). The number of anilines is 2. The number of nitrogens with two attached hydrogens (primary N) is 1. The van der Waals surface area contributed by atoms with Crippen molar-refractivity contribution < 1.29 is 9.53 Å². The third-order valence-electron chi connectivity index (χ3n) is 5.72. The molecule has 0 bridgehead atoms. The summed E-state index contributed by atoms with van der Waals surface area (Å²) in [4.78, 5) is 22.9. The van der Waals surface area contributed by atoms with E-state index in [2.05, 4.69) is 44.5 Å². The minimum atomic E-state index is -0.210. The molecule has 0 spiro atoms. The summed E-state index contributed by atoms with van der Waals surface area (Å²) in [6, 6.07) is 17.9. The summed E-state index contributed by atoms with van der Waals surface area (Å²) in [5.41, 5.74) is 12.4. The minimum absolute atomic E-state index is 0.210. The number of benzene rings is 2. The Bertz CT molecular complexity index is 1260. The number of fused-ring (bicyclic) bond motifs is 1. The number of nitrogens with zero attached hydrogens (tertiary/aromatic N) is 4. The Morgan fingerprint density at radius 1 is 1.00 bits per heavy atom. The first-order chi connectivity index (χ1) is 15.6. The Kier molecular flexibility index (Phi) is 5.20. The summed E-state index contributed by atoms with van der Waals surface area (Å²) in [6.45, 7) is 3.29. The Hall–Kier alpha value is -3.91. The fraction of sp³-hybridized carbons (Fsp3) is 0.208. The van der Waals surface area contributed by atoms with Crippen molar-refractivity contribution in [3.63, 3.8) is 0 Å². The highest BCUT2D eigenvalue weighted by atomic mass is 16.5. The third kappa shape index (κ3) is 3.65. The SMILES string of the molecule is CNC(=O)c1ccc(-c2ccc3nc(N)n(-c4ccc(N5CCOCC5)cc4)c3c2)cn1. The van der Waals surface area contributed by atoms with E-state index in [1.807, 2.05) is 28.8 Å². The molecule has 5 rings (SSSR count). The molecule has 0 aliphatic carbocycles. The molecule has 0 atom stereocenters. The average Bonchev–Trinajstić information content (AvgIpc) is 3.19. The van der Waals surface area contributed by atoms with E-state index < -0.39 is 0 Å². The summed E-state index contributed by atoms with van der Waals surface area (Å²) in [5, 5.41) is 2.58. The van der Waals surface area contributed by atoms with Gasteiger partial charge in [-0.05, 0) is 48.0 Å². The maximum Gasteiger partial charge on any atom is 0.269 e. The summed E-state index contributed by atoms with van der Waals surface area (Å²) in [7, 11) is 1.59. The zero-order valence-corrected chi connectivity index (χ0v) is 17.8. The van der Waals surface area contributed by atoms with Gasteiger partial charge >= 0.3 is 0 Å². The Balaban J connectivity index is 1.50. The van der Waals surface area contributed by atoms with Gasteiger partial charge in [-0.1, -0.05) is 12.1 Å². The number of aromatic nitrogens is 3. The van der Waals surface area contributed by atoms with Crippen molar-refractivity contribution in [2.75, 3.05) is 44.0 Å². The van der Waals surface area contributed by atoms with E-state index in [1.54, 1.807) is 19.3 Å². The van der Waals surface area contributed by atoms with E-state index in [-0.39, 0.29) is 5.91 Å². The normalized spacial score (nSPS) is 14.0. The number of nitrogen functional groups attached to an aromatic ring is 1. The molecular formula is C24H24N6O2. The number of carbonyl (C=O) groups excluding carboxylic acids is 1. The Labute approximate surface area is 185 Å². The highest BCUT2D eigenvalue weighted by Crippen LogP contribution is 2.29. The van der Waals surface area contributed by atoms with Crippen LogP contribution in [-0.2, 0) is 4.74 Å². The zero-order chi connectivity index (χ0) is 22.1. The molecule has 3 N–H and O–H groups in total. The van der Waals surface area contributed by atoms with Gasteiger partial charge < -0.3 is 20.7 Å². The average molecular weight is 428 g/mol. The molecule has 162 valence electrons. The van der Waals surface area contributed by atoms with E-state index >= 15 is 0 Å². The predicted octanol–water partition coefficient (Wildman–Crippen LogP) is 2.87. The fourth-order valence-corrected chi connectivity index (χ4v) is 4.01. The lowest BCUT2D eigenvalue weighted by Crippen LogP contribution is -2.36. The Morgan fingerprint density at radius 3 is 2.41 bits per heavy atom. The van der Waals surface area contributed by atoms with Crippen LogP contribution in [0.4, 0.5) is 11.6 Å². The monoisotopic (exact) mass is 428 g/mol. The van der Waals surface area contributed by atoms with Gasteiger partial charge in [-0.2, -0.15) is 0 Å². The second-order valence-electron chi connectivity index (χ2n) is 7.64. The first-order valence-corrected chi connectivity index (χ1v) is 10.5. The third-order valence-corrected chi connectivity index (χ3v) is 5.72. The van der Waals surface area contributed by atoms with Gasteiger partial charge in [0.25, 0.3) is 5.91 Å². The van der Waals surface area contributed by atoms with Gasteiger partial charge in [-0.25, -0.2) is 4.98 Å². The number of pyridine rings is 1. The molecule has 0 radical (unpaired) electrons. The lowest BCUT2D eigenvalue weighted by atomic mass is 10.1. The largest absolute Gasteiger partial charge is 0.378 e. The molecule has 3 heterocycles. The van der Waals surface area contributed by atoms with E-state index in [9.17, 15) is 4.79 Å². The highest BCUT2D eigenvalue weighted by molar-refractivity contribution is 5.92. The topological polar surface area (TPSA) is 98.3 Å². The quantitative estimate of drug-likeness (QED) is 0.519. The van der Waals surface area contributed by atoms with E-state index in [1.165, 1.54) is 5.69 Å². The van der Waals surface area contributed by atoms with Crippen LogP contribution in [0.15, 0.2) is 60.8 Å². The molecule has 1 saturated heterocycles. The first kappa shape index (κ1) is 20.0. The summed E-state index contributed by atoms with van der Waals surface area (Å²) < 4.78 is 7.40. The second kappa shape index (κ2) is 8.32. The second-order valence-corrected chi connectivity index (χ2v) is 7.64. The molecule has 2 aromatic carbocycles. The van der Waals surface area contributed by atoms with Gasteiger partial charge in [0.1, 0.15) is 5.69 Å². The lowest BCUT2D eigenvalue weighted by molar-refractivity contribution is 0.0958.